The molecule has 114 valence electrons. The Bertz CT molecular complexity index is 568. The molecule has 0 spiro atoms. The van der Waals surface area contributed by atoms with E-state index >= 15 is 0 Å². The maximum absolute atomic E-state index is 6.27. The van der Waals surface area contributed by atoms with E-state index in [1.807, 2.05) is 19.9 Å². The molecule has 1 saturated heterocycles. The average Bonchev–Trinajstić information content (AvgIpc) is 2.47. The van der Waals surface area contributed by atoms with E-state index in [0.717, 1.165) is 29.9 Å². The third-order valence-electron chi connectivity index (χ3n) is 3.64. The lowest BCUT2D eigenvalue weighted by Gasteiger charge is -2.30. The number of hydrogen-bond donors (Lipinski definition) is 3. The van der Waals surface area contributed by atoms with Gasteiger partial charge in [-0.15, -0.1) is 0 Å². The van der Waals surface area contributed by atoms with Gasteiger partial charge in [0.25, 0.3) is 0 Å². The topological polar surface area (TPSA) is 90.5 Å². The van der Waals surface area contributed by atoms with Crippen molar-refractivity contribution in [2.75, 3.05) is 26.3 Å². The summed E-state index contributed by atoms with van der Waals surface area (Å²) in [4.78, 5) is 2.11. The summed E-state index contributed by atoms with van der Waals surface area (Å²) in [5.74, 6) is 0.283. The van der Waals surface area contributed by atoms with Crippen molar-refractivity contribution in [2.24, 2.45) is 17.2 Å². The first-order chi connectivity index (χ1) is 9.99. The molecule has 0 bridgehead atoms. The summed E-state index contributed by atoms with van der Waals surface area (Å²) in [6.45, 7) is 6.97. The highest BCUT2D eigenvalue weighted by atomic mass is 16.5. The summed E-state index contributed by atoms with van der Waals surface area (Å²) in [5, 5.41) is 0. The fraction of sp³-hybridized carbons (Fsp3) is 0.375. The van der Waals surface area contributed by atoms with Gasteiger partial charge >= 0.3 is 0 Å². The molecule has 0 aromatic heterocycles. The van der Waals surface area contributed by atoms with Gasteiger partial charge in [0, 0.05) is 24.4 Å². The van der Waals surface area contributed by atoms with Crippen LogP contribution >= 0.6 is 0 Å². The third-order valence-corrected chi connectivity index (χ3v) is 3.64. The highest BCUT2D eigenvalue weighted by Crippen LogP contribution is 2.20. The minimum atomic E-state index is 0.283. The van der Waals surface area contributed by atoms with Crippen molar-refractivity contribution < 1.29 is 4.74 Å². The fourth-order valence-electron chi connectivity index (χ4n) is 2.43. The number of allylic oxidation sites excluding steroid dienone is 1. The minimum absolute atomic E-state index is 0.283. The van der Waals surface area contributed by atoms with E-state index in [-0.39, 0.29) is 5.82 Å². The molecule has 5 heteroatoms. The van der Waals surface area contributed by atoms with Crippen molar-refractivity contribution in [3.05, 3.63) is 52.5 Å². The normalized spacial score (nSPS) is 15.9. The van der Waals surface area contributed by atoms with Crippen LogP contribution in [0.5, 0.6) is 0 Å². The molecule has 2 rings (SSSR count). The minimum Gasteiger partial charge on any atom is -0.398 e. The number of morpholine rings is 1. The Morgan fingerprint density at radius 3 is 2.43 bits per heavy atom. The van der Waals surface area contributed by atoms with Crippen LogP contribution in [-0.4, -0.2) is 31.2 Å². The van der Waals surface area contributed by atoms with E-state index in [2.05, 4.69) is 23.1 Å². The van der Waals surface area contributed by atoms with Crippen molar-refractivity contribution in [1.82, 2.24) is 4.90 Å². The smallest absolute Gasteiger partial charge is 0.118 e. The Hall–Kier alpha value is -2.14. The molecular formula is C16H24N4O. The Kier molecular flexibility index (Phi) is 4.75. The van der Waals surface area contributed by atoms with Gasteiger partial charge in [-0.05, 0) is 31.6 Å². The Morgan fingerprint density at radius 2 is 1.81 bits per heavy atom. The van der Waals surface area contributed by atoms with Crippen molar-refractivity contribution >= 4 is 5.70 Å². The molecule has 1 aliphatic rings. The second-order valence-corrected chi connectivity index (χ2v) is 5.36. The summed E-state index contributed by atoms with van der Waals surface area (Å²) < 4.78 is 5.36. The predicted octanol–water partition coefficient (Wildman–Crippen LogP) is 1.02. The van der Waals surface area contributed by atoms with Crippen LogP contribution < -0.4 is 17.2 Å². The first-order valence-corrected chi connectivity index (χ1v) is 7.11. The largest absolute Gasteiger partial charge is 0.398 e. The predicted molar refractivity (Wildman–Crippen MR) is 85.9 cm³/mol. The fourth-order valence-corrected chi connectivity index (χ4v) is 2.43. The second-order valence-electron chi connectivity index (χ2n) is 5.36. The van der Waals surface area contributed by atoms with E-state index in [1.54, 1.807) is 0 Å². The van der Waals surface area contributed by atoms with Gasteiger partial charge in [0.15, 0.2) is 0 Å². The summed E-state index contributed by atoms with van der Waals surface area (Å²) in [6, 6.07) is 6.21. The SMILES string of the molecule is Cc1ccc(C)c(/C(N)=C/C(=C(N)N)N2CCOCC2)c1. The molecule has 0 amide bonds. The molecule has 0 aliphatic carbocycles. The molecule has 6 N–H and O–H groups in total. The Balaban J connectivity index is 2.34. The molecule has 5 nitrogen and oxygen atoms in total. The quantitative estimate of drug-likeness (QED) is 0.723. The molecule has 1 aliphatic heterocycles. The van der Waals surface area contributed by atoms with Gasteiger partial charge in [-0.1, -0.05) is 17.7 Å². The van der Waals surface area contributed by atoms with E-state index in [4.69, 9.17) is 21.9 Å². The lowest BCUT2D eigenvalue weighted by molar-refractivity contribution is 0.0549. The summed E-state index contributed by atoms with van der Waals surface area (Å²) in [5.41, 5.74) is 22.7. The van der Waals surface area contributed by atoms with Gasteiger partial charge in [0.2, 0.25) is 0 Å². The lowest BCUT2D eigenvalue weighted by atomic mass is 10.0. The number of aryl methyl sites for hydroxylation is 2. The van der Waals surface area contributed by atoms with Gasteiger partial charge in [0.05, 0.1) is 18.9 Å². The molecule has 1 fully saturated rings. The van der Waals surface area contributed by atoms with Crippen molar-refractivity contribution in [1.29, 1.82) is 0 Å². The highest BCUT2D eigenvalue weighted by molar-refractivity contribution is 5.68. The molecule has 0 atom stereocenters. The maximum Gasteiger partial charge on any atom is 0.118 e. The number of benzene rings is 1. The van der Waals surface area contributed by atoms with E-state index in [0.29, 0.717) is 18.9 Å². The van der Waals surface area contributed by atoms with Gasteiger partial charge in [-0.3, -0.25) is 0 Å². The maximum atomic E-state index is 6.27. The number of hydrogen-bond acceptors (Lipinski definition) is 5. The first kappa shape index (κ1) is 15.3. The highest BCUT2D eigenvalue weighted by Gasteiger charge is 2.15. The van der Waals surface area contributed by atoms with Crippen LogP contribution in [0.15, 0.2) is 35.8 Å². The zero-order chi connectivity index (χ0) is 15.4. The third kappa shape index (κ3) is 3.70. The van der Waals surface area contributed by atoms with Crippen molar-refractivity contribution in [3.63, 3.8) is 0 Å². The summed E-state index contributed by atoms with van der Waals surface area (Å²) >= 11 is 0. The molecule has 0 saturated carbocycles. The van der Waals surface area contributed by atoms with Crippen molar-refractivity contribution in [2.45, 2.75) is 13.8 Å². The zero-order valence-corrected chi connectivity index (χ0v) is 12.7. The first-order valence-electron chi connectivity index (χ1n) is 7.11. The van der Waals surface area contributed by atoms with E-state index in [1.165, 1.54) is 5.56 Å². The van der Waals surface area contributed by atoms with Crippen molar-refractivity contribution in [3.8, 4) is 0 Å². The van der Waals surface area contributed by atoms with Gasteiger partial charge in [0.1, 0.15) is 5.82 Å². The van der Waals surface area contributed by atoms with Crippen LogP contribution in [0.25, 0.3) is 5.70 Å². The molecule has 21 heavy (non-hydrogen) atoms. The molecule has 0 radical (unpaired) electrons. The standard InChI is InChI=1S/C16H24N4O/c1-11-3-4-12(2)13(9-11)14(17)10-15(16(18)19)20-5-7-21-8-6-20/h3-4,9-10H,5-8,17-19H2,1-2H3/b14-10-. The molecular weight excluding hydrogens is 264 g/mol. The van der Waals surface area contributed by atoms with Crippen LogP contribution in [0.4, 0.5) is 0 Å². The van der Waals surface area contributed by atoms with E-state index < -0.39 is 0 Å². The van der Waals surface area contributed by atoms with Crippen LogP contribution in [0, 0.1) is 13.8 Å². The van der Waals surface area contributed by atoms with Crippen LogP contribution in [0.1, 0.15) is 16.7 Å². The molecule has 1 heterocycles. The Morgan fingerprint density at radius 1 is 1.14 bits per heavy atom. The number of ether oxygens (including phenoxy) is 1. The van der Waals surface area contributed by atoms with Crippen LogP contribution in [-0.2, 0) is 4.74 Å². The number of rotatable bonds is 3. The van der Waals surface area contributed by atoms with Gasteiger partial charge in [-0.2, -0.15) is 0 Å². The number of nitrogens with zero attached hydrogens (tertiary/aromatic N) is 1. The molecule has 0 unspecified atom stereocenters. The summed E-state index contributed by atoms with van der Waals surface area (Å²) in [6.07, 6.45) is 1.86. The van der Waals surface area contributed by atoms with Crippen LogP contribution in [0.2, 0.25) is 0 Å². The number of nitrogens with two attached hydrogens (primary N) is 3. The summed E-state index contributed by atoms with van der Waals surface area (Å²) in [7, 11) is 0. The molecule has 1 aromatic rings. The monoisotopic (exact) mass is 288 g/mol. The second kappa shape index (κ2) is 6.54. The molecule has 1 aromatic carbocycles. The van der Waals surface area contributed by atoms with Crippen LogP contribution in [0.3, 0.4) is 0 Å². The van der Waals surface area contributed by atoms with Gasteiger partial charge < -0.3 is 26.8 Å². The zero-order valence-electron chi connectivity index (χ0n) is 12.7. The average molecular weight is 288 g/mol. The van der Waals surface area contributed by atoms with E-state index in [9.17, 15) is 0 Å². The lowest BCUT2D eigenvalue weighted by Crippen LogP contribution is -2.37. The Labute approximate surface area is 126 Å². The van der Waals surface area contributed by atoms with Gasteiger partial charge in [-0.25, -0.2) is 0 Å².